The topological polar surface area (TPSA) is 97.1 Å². The van der Waals surface area contributed by atoms with Gasteiger partial charge in [-0.05, 0) is 81.2 Å². The van der Waals surface area contributed by atoms with Crippen molar-refractivity contribution < 1.29 is 4.79 Å². The Morgan fingerprint density at radius 1 is 1.09 bits per heavy atom. The first-order valence-corrected chi connectivity index (χ1v) is 12.1. The number of aromatic nitrogens is 5. The molecule has 0 unspecified atom stereocenters. The normalized spacial score (nSPS) is 24.3. The molecule has 34 heavy (non-hydrogen) atoms. The Morgan fingerprint density at radius 3 is 2.68 bits per heavy atom. The highest BCUT2D eigenvalue weighted by atomic mass is 16.1. The van der Waals surface area contributed by atoms with Crippen LogP contribution in [0.1, 0.15) is 45.4 Å². The summed E-state index contributed by atoms with van der Waals surface area (Å²) in [5.41, 5.74) is 4.88. The Hall–Kier alpha value is -3.55. The van der Waals surface area contributed by atoms with Crippen molar-refractivity contribution >= 4 is 34.1 Å². The summed E-state index contributed by atoms with van der Waals surface area (Å²) in [7, 11) is 1.88. The van der Waals surface area contributed by atoms with Crippen LogP contribution in [0.5, 0.6) is 0 Å². The molecule has 6 rings (SSSR count). The van der Waals surface area contributed by atoms with Crippen LogP contribution in [0.3, 0.4) is 0 Å². The summed E-state index contributed by atoms with van der Waals surface area (Å²) in [6.07, 6.45) is 10.4. The van der Waals surface area contributed by atoms with Crippen LogP contribution in [0.4, 0.5) is 11.8 Å². The van der Waals surface area contributed by atoms with Gasteiger partial charge < -0.3 is 10.6 Å². The monoisotopic (exact) mass is 455 g/mol. The Morgan fingerprint density at radius 2 is 1.91 bits per heavy atom. The number of fused-ring (bicyclic) bond motifs is 2. The predicted molar refractivity (Wildman–Crippen MR) is 133 cm³/mol. The zero-order chi connectivity index (χ0) is 23.3. The summed E-state index contributed by atoms with van der Waals surface area (Å²) >= 11 is 0. The molecule has 174 valence electrons. The number of nitrogens with one attached hydrogen (secondary N) is 2. The third-order valence-electron chi connectivity index (χ3n) is 7.79. The summed E-state index contributed by atoms with van der Waals surface area (Å²) in [6.45, 7) is 1.73. The first-order valence-electron chi connectivity index (χ1n) is 12.1. The minimum Gasteiger partial charge on any atom is -0.371 e. The molecule has 0 bridgehead atoms. The fraction of sp³-hybridized carbons (Fsp3) is 0.423. The van der Waals surface area contributed by atoms with Crippen molar-refractivity contribution in [1.82, 2.24) is 24.6 Å². The van der Waals surface area contributed by atoms with Crippen LogP contribution in [0.15, 0.2) is 42.7 Å². The number of hydrogen-bond donors (Lipinski definition) is 2. The van der Waals surface area contributed by atoms with E-state index in [1.807, 2.05) is 48.1 Å². The summed E-state index contributed by atoms with van der Waals surface area (Å²) in [6, 6.07) is 10.2. The van der Waals surface area contributed by atoms with Gasteiger partial charge in [-0.15, -0.1) is 5.10 Å². The van der Waals surface area contributed by atoms with E-state index in [0.717, 1.165) is 59.3 Å². The molecule has 0 aliphatic heterocycles. The molecule has 2 aliphatic rings. The lowest BCUT2D eigenvalue weighted by Crippen LogP contribution is -2.44. The van der Waals surface area contributed by atoms with E-state index in [0.29, 0.717) is 29.1 Å². The summed E-state index contributed by atoms with van der Waals surface area (Å²) in [5.74, 6) is 2.05. The van der Waals surface area contributed by atoms with Crippen LogP contribution < -0.4 is 10.6 Å². The first-order chi connectivity index (χ1) is 16.5. The van der Waals surface area contributed by atoms with Gasteiger partial charge in [0.05, 0.1) is 16.7 Å². The molecular formula is C26H29N7O. The molecule has 0 atom stereocenters. The maximum absolute atomic E-state index is 11.6. The van der Waals surface area contributed by atoms with E-state index in [9.17, 15) is 4.79 Å². The zero-order valence-electron chi connectivity index (χ0n) is 19.6. The molecule has 2 N–H and O–H groups in total. The maximum Gasteiger partial charge on any atom is 0.243 e. The lowest BCUT2D eigenvalue weighted by atomic mass is 9.54. The highest BCUT2D eigenvalue weighted by molar-refractivity contribution is 5.89. The average molecular weight is 456 g/mol. The van der Waals surface area contributed by atoms with Crippen molar-refractivity contribution in [3.63, 3.8) is 0 Å². The highest BCUT2D eigenvalue weighted by Gasteiger charge is 2.47. The van der Waals surface area contributed by atoms with E-state index in [-0.39, 0.29) is 0 Å². The van der Waals surface area contributed by atoms with Crippen molar-refractivity contribution in [2.24, 2.45) is 11.3 Å². The Labute approximate surface area is 198 Å². The molecule has 2 saturated carbocycles. The molecule has 2 fully saturated rings. The van der Waals surface area contributed by atoms with Gasteiger partial charge in [-0.2, -0.15) is 4.98 Å². The Kier molecular flexibility index (Phi) is 4.97. The number of ketones is 1. The van der Waals surface area contributed by atoms with E-state index in [4.69, 9.17) is 15.1 Å². The van der Waals surface area contributed by atoms with Crippen LogP contribution in [0, 0.1) is 11.3 Å². The Bertz CT molecular complexity index is 1380. The lowest BCUT2D eigenvalue weighted by molar-refractivity contribution is -0.129. The number of anilines is 2. The summed E-state index contributed by atoms with van der Waals surface area (Å²) in [5, 5.41) is 11.6. The molecule has 8 heteroatoms. The van der Waals surface area contributed by atoms with Gasteiger partial charge in [0.25, 0.3) is 0 Å². The Balaban J connectivity index is 1.23. The van der Waals surface area contributed by atoms with Crippen LogP contribution in [-0.2, 0) is 4.79 Å². The van der Waals surface area contributed by atoms with E-state index >= 15 is 0 Å². The second-order valence-corrected chi connectivity index (χ2v) is 9.93. The van der Waals surface area contributed by atoms with Gasteiger partial charge in [-0.3, -0.25) is 9.78 Å². The first kappa shape index (κ1) is 21.0. The minimum atomic E-state index is 0.296. The SMILES string of the molecule is CNc1nc(NC2CCC3(CC2)CC(C(C)=O)C3)nn2ccc(-c3ccc4ncccc4n3)c12. The van der Waals surface area contributed by atoms with E-state index in [2.05, 4.69) is 15.6 Å². The van der Waals surface area contributed by atoms with E-state index in [1.165, 1.54) is 12.8 Å². The van der Waals surface area contributed by atoms with Crippen LogP contribution in [0.2, 0.25) is 0 Å². The van der Waals surface area contributed by atoms with Gasteiger partial charge in [0.2, 0.25) is 5.95 Å². The third-order valence-corrected chi connectivity index (χ3v) is 7.79. The molecule has 1 spiro atoms. The van der Waals surface area contributed by atoms with Gasteiger partial charge >= 0.3 is 0 Å². The van der Waals surface area contributed by atoms with Crippen molar-refractivity contribution in [2.75, 3.05) is 17.7 Å². The number of pyridine rings is 2. The van der Waals surface area contributed by atoms with Crippen molar-refractivity contribution in [1.29, 1.82) is 0 Å². The second-order valence-electron chi connectivity index (χ2n) is 9.93. The van der Waals surface area contributed by atoms with Gasteiger partial charge in [-0.25, -0.2) is 9.50 Å². The number of carbonyl (C=O) groups is 1. The quantitative estimate of drug-likeness (QED) is 0.449. The lowest BCUT2D eigenvalue weighted by Gasteiger charge is -2.51. The minimum absolute atomic E-state index is 0.296. The maximum atomic E-state index is 11.6. The van der Waals surface area contributed by atoms with Gasteiger partial charge in [0, 0.05) is 37.0 Å². The van der Waals surface area contributed by atoms with E-state index in [1.54, 1.807) is 13.1 Å². The molecule has 2 aliphatic carbocycles. The number of nitrogens with zero attached hydrogens (tertiary/aromatic N) is 5. The summed E-state index contributed by atoms with van der Waals surface area (Å²) < 4.78 is 1.87. The molecule has 8 nitrogen and oxygen atoms in total. The van der Waals surface area contributed by atoms with Crippen molar-refractivity contribution in [2.45, 2.75) is 51.5 Å². The smallest absolute Gasteiger partial charge is 0.243 e. The molecule has 4 aromatic rings. The summed E-state index contributed by atoms with van der Waals surface area (Å²) in [4.78, 5) is 25.6. The van der Waals surface area contributed by atoms with Crippen LogP contribution >= 0.6 is 0 Å². The van der Waals surface area contributed by atoms with Crippen molar-refractivity contribution in [3.8, 4) is 11.3 Å². The number of rotatable bonds is 5. The van der Waals surface area contributed by atoms with Gasteiger partial charge in [-0.1, -0.05) is 0 Å². The number of hydrogen-bond acceptors (Lipinski definition) is 7. The molecule has 0 aromatic carbocycles. The predicted octanol–water partition coefficient (Wildman–Crippen LogP) is 4.72. The largest absolute Gasteiger partial charge is 0.371 e. The molecular weight excluding hydrogens is 426 g/mol. The highest BCUT2D eigenvalue weighted by Crippen LogP contribution is 2.55. The van der Waals surface area contributed by atoms with Gasteiger partial charge in [0.15, 0.2) is 5.82 Å². The van der Waals surface area contributed by atoms with Gasteiger partial charge in [0.1, 0.15) is 11.3 Å². The standard InChI is InChI=1S/C26H29N7O/c1-16(34)17-14-26(15-17)10-7-18(8-11-26)29-25-31-24(27-2)23-19(9-13-33(23)32-25)20-5-6-21-22(30-20)4-3-12-28-21/h3-6,9,12-13,17-18H,7-8,10-11,14-15H2,1-2H3,(H2,27,29,31,32). The third kappa shape index (κ3) is 3.57. The number of carbonyl (C=O) groups excluding carboxylic acids is 1. The van der Waals surface area contributed by atoms with Crippen molar-refractivity contribution in [3.05, 3.63) is 42.7 Å². The fourth-order valence-corrected chi connectivity index (χ4v) is 5.81. The number of Topliss-reactive ketones (excluding diaryl/α,β-unsaturated/α-hetero) is 1. The second kappa shape index (κ2) is 8.04. The molecule has 0 amide bonds. The fourth-order valence-electron chi connectivity index (χ4n) is 5.81. The van der Waals surface area contributed by atoms with E-state index < -0.39 is 0 Å². The zero-order valence-corrected chi connectivity index (χ0v) is 19.6. The van der Waals surface area contributed by atoms with Crippen LogP contribution in [-0.4, -0.2) is 43.4 Å². The molecule has 0 radical (unpaired) electrons. The molecule has 4 aromatic heterocycles. The van der Waals surface area contributed by atoms with Crippen LogP contribution in [0.25, 0.3) is 27.8 Å². The average Bonchev–Trinajstić information content (AvgIpc) is 3.26. The molecule has 4 heterocycles. The molecule has 0 saturated heterocycles.